The average molecular weight is 369 g/mol. The minimum absolute atomic E-state index is 0. The van der Waals surface area contributed by atoms with Crippen molar-refractivity contribution in [3.05, 3.63) is 59.0 Å². The summed E-state index contributed by atoms with van der Waals surface area (Å²) in [5.74, 6) is 2.11. The first-order chi connectivity index (χ1) is 8.65. The fourth-order valence-electron chi connectivity index (χ4n) is 2.92. The summed E-state index contributed by atoms with van der Waals surface area (Å²) in [5, 5.41) is 0. The molecule has 0 amide bonds. The molecule has 102 valence electrons. The van der Waals surface area contributed by atoms with E-state index in [1.165, 1.54) is 24.1 Å². The number of halogens is 1. The van der Waals surface area contributed by atoms with Gasteiger partial charge in [-0.25, -0.2) is 0 Å². The van der Waals surface area contributed by atoms with Gasteiger partial charge in [0.05, 0.1) is 13.6 Å². The number of likely N-dealkylation sites (N-methyl/N-ethyl adjacent to an activating group) is 1. The van der Waals surface area contributed by atoms with E-state index in [2.05, 4.69) is 43.4 Å². The highest BCUT2D eigenvalue weighted by atomic mass is 127. The maximum atomic E-state index is 5.72. The van der Waals surface area contributed by atoms with E-state index in [0.717, 1.165) is 29.1 Å². The molecule has 3 heteroatoms. The number of benzene rings is 1. The molecule has 1 aliphatic heterocycles. The molecule has 1 aromatic heterocycles. The largest absolute Gasteiger partial charge is 1.00 e. The Hall–Kier alpha value is -0.810. The summed E-state index contributed by atoms with van der Waals surface area (Å²) >= 11 is 0. The van der Waals surface area contributed by atoms with Crippen molar-refractivity contribution in [3.63, 3.8) is 0 Å². The lowest BCUT2D eigenvalue weighted by molar-refractivity contribution is -0.938. The number of aryl methyl sites for hydroxylation is 1. The second-order valence-corrected chi connectivity index (χ2v) is 5.69. The van der Waals surface area contributed by atoms with Gasteiger partial charge in [-0.05, 0) is 24.6 Å². The topological polar surface area (TPSA) is 13.1 Å². The van der Waals surface area contributed by atoms with Crippen LogP contribution >= 0.6 is 0 Å². The van der Waals surface area contributed by atoms with Crippen molar-refractivity contribution in [2.75, 3.05) is 13.6 Å². The number of nitrogens with zero attached hydrogens (tertiary/aromatic N) is 1. The molecule has 0 fully saturated rings. The van der Waals surface area contributed by atoms with Crippen LogP contribution < -0.4 is 24.0 Å². The summed E-state index contributed by atoms with van der Waals surface area (Å²) < 4.78 is 6.77. The van der Waals surface area contributed by atoms with E-state index in [1.807, 2.05) is 6.92 Å². The summed E-state index contributed by atoms with van der Waals surface area (Å²) in [6.07, 6.45) is 1.17. The van der Waals surface area contributed by atoms with E-state index in [4.69, 9.17) is 4.42 Å². The van der Waals surface area contributed by atoms with E-state index in [1.54, 1.807) is 0 Å². The molecule has 0 saturated carbocycles. The van der Waals surface area contributed by atoms with Gasteiger partial charge in [-0.15, -0.1) is 0 Å². The van der Waals surface area contributed by atoms with Gasteiger partial charge in [0.2, 0.25) is 0 Å². The summed E-state index contributed by atoms with van der Waals surface area (Å²) in [6.45, 7) is 5.30. The lowest BCUT2D eigenvalue weighted by atomic mass is 9.98. The van der Waals surface area contributed by atoms with Crippen molar-refractivity contribution in [2.24, 2.45) is 0 Å². The summed E-state index contributed by atoms with van der Waals surface area (Å²) in [5.41, 5.74) is 3.01. The maximum Gasteiger partial charge on any atom is 0.158 e. The van der Waals surface area contributed by atoms with Crippen LogP contribution in [0.4, 0.5) is 0 Å². The number of furan rings is 1. The van der Waals surface area contributed by atoms with Gasteiger partial charge in [0.15, 0.2) is 5.76 Å². The predicted molar refractivity (Wildman–Crippen MR) is 72.1 cm³/mol. The molecule has 2 aromatic rings. The Labute approximate surface area is 132 Å². The minimum Gasteiger partial charge on any atom is -1.00 e. The van der Waals surface area contributed by atoms with Gasteiger partial charge in [-0.1, -0.05) is 24.3 Å². The zero-order valence-corrected chi connectivity index (χ0v) is 13.7. The third kappa shape index (κ3) is 3.20. The lowest BCUT2D eigenvalue weighted by Crippen LogP contribution is -3.00. The van der Waals surface area contributed by atoms with Gasteiger partial charge < -0.3 is 32.9 Å². The van der Waals surface area contributed by atoms with Crippen molar-refractivity contribution in [1.82, 2.24) is 0 Å². The third-order valence-corrected chi connectivity index (χ3v) is 3.93. The maximum absolute atomic E-state index is 5.72. The second-order valence-electron chi connectivity index (χ2n) is 5.69. The van der Waals surface area contributed by atoms with Gasteiger partial charge in [0.1, 0.15) is 18.8 Å². The predicted octanol–water partition coefficient (Wildman–Crippen LogP) is 0.295. The summed E-state index contributed by atoms with van der Waals surface area (Å²) in [4.78, 5) is 0. The van der Waals surface area contributed by atoms with Crippen LogP contribution in [0.25, 0.3) is 0 Å². The highest BCUT2D eigenvalue weighted by Crippen LogP contribution is 2.26. The van der Waals surface area contributed by atoms with Gasteiger partial charge >= 0.3 is 0 Å². The van der Waals surface area contributed by atoms with E-state index in [-0.39, 0.29) is 24.0 Å². The van der Waals surface area contributed by atoms with Crippen LogP contribution in [0.2, 0.25) is 0 Å². The first-order valence-electron chi connectivity index (χ1n) is 6.60. The van der Waals surface area contributed by atoms with Crippen molar-refractivity contribution >= 4 is 0 Å². The van der Waals surface area contributed by atoms with Gasteiger partial charge in [-0.2, -0.15) is 0 Å². The molecule has 1 atom stereocenters. The fourth-order valence-corrected chi connectivity index (χ4v) is 2.92. The Kier molecular flexibility index (Phi) is 4.36. The van der Waals surface area contributed by atoms with E-state index >= 15 is 0 Å². The molecule has 0 radical (unpaired) electrons. The first kappa shape index (κ1) is 14.6. The van der Waals surface area contributed by atoms with Crippen LogP contribution in [0, 0.1) is 6.92 Å². The molecule has 0 N–H and O–H groups in total. The third-order valence-electron chi connectivity index (χ3n) is 3.93. The SMILES string of the molecule is Cc1ccc(C[N+]2(C)CCc3ccccc3C2)o1.[I-]. The molecule has 2 nitrogen and oxygen atoms in total. The number of hydrogen-bond acceptors (Lipinski definition) is 1. The highest BCUT2D eigenvalue weighted by Gasteiger charge is 2.29. The van der Waals surface area contributed by atoms with Gasteiger partial charge in [-0.3, -0.25) is 0 Å². The molecule has 0 aliphatic carbocycles. The monoisotopic (exact) mass is 369 g/mol. The van der Waals surface area contributed by atoms with Crippen LogP contribution in [-0.2, 0) is 19.5 Å². The van der Waals surface area contributed by atoms with Crippen molar-refractivity contribution in [3.8, 4) is 0 Å². The van der Waals surface area contributed by atoms with Crippen molar-refractivity contribution < 1.29 is 32.9 Å². The van der Waals surface area contributed by atoms with Crippen LogP contribution in [0.5, 0.6) is 0 Å². The lowest BCUT2D eigenvalue weighted by Gasteiger charge is -2.38. The highest BCUT2D eigenvalue weighted by molar-refractivity contribution is 5.27. The second kappa shape index (κ2) is 5.67. The molecular formula is C16H20INO. The van der Waals surface area contributed by atoms with E-state index < -0.39 is 0 Å². The standard InChI is InChI=1S/C16H20NO.HI/c1-13-7-8-16(18-13)12-17(2)10-9-14-5-3-4-6-15(14)11-17;/h3-8H,9-12H2,1-2H3;1H/q+1;/p-1. The molecule has 3 rings (SSSR count). The quantitative estimate of drug-likeness (QED) is 0.548. The van der Waals surface area contributed by atoms with Gasteiger partial charge in [0.25, 0.3) is 0 Å². The molecule has 1 aromatic carbocycles. The molecule has 2 heterocycles. The zero-order valence-electron chi connectivity index (χ0n) is 11.5. The van der Waals surface area contributed by atoms with Crippen LogP contribution in [-0.4, -0.2) is 18.1 Å². The van der Waals surface area contributed by atoms with Crippen molar-refractivity contribution in [1.29, 1.82) is 0 Å². The fraction of sp³-hybridized carbons (Fsp3) is 0.375. The average Bonchev–Trinajstić information content (AvgIpc) is 2.74. The Morgan fingerprint density at radius 2 is 1.84 bits per heavy atom. The molecule has 0 spiro atoms. The zero-order chi connectivity index (χ0) is 12.6. The first-order valence-corrected chi connectivity index (χ1v) is 6.60. The van der Waals surface area contributed by atoms with Crippen molar-refractivity contribution in [2.45, 2.75) is 26.4 Å². The molecule has 19 heavy (non-hydrogen) atoms. The normalized spacial score (nSPS) is 21.6. The van der Waals surface area contributed by atoms with Crippen LogP contribution in [0.15, 0.2) is 40.8 Å². The Balaban J connectivity index is 0.00000133. The Morgan fingerprint density at radius 3 is 2.53 bits per heavy atom. The summed E-state index contributed by atoms with van der Waals surface area (Å²) in [7, 11) is 2.33. The molecule has 0 saturated heterocycles. The Bertz CT molecular complexity index is 563. The van der Waals surface area contributed by atoms with Crippen LogP contribution in [0.3, 0.4) is 0 Å². The molecule has 1 unspecified atom stereocenters. The molecule has 0 bridgehead atoms. The smallest absolute Gasteiger partial charge is 0.158 e. The van der Waals surface area contributed by atoms with Gasteiger partial charge in [0, 0.05) is 12.0 Å². The van der Waals surface area contributed by atoms with E-state index in [9.17, 15) is 0 Å². The molecule has 1 aliphatic rings. The minimum atomic E-state index is 0. The van der Waals surface area contributed by atoms with Crippen LogP contribution in [0.1, 0.15) is 22.6 Å². The van der Waals surface area contributed by atoms with E-state index in [0.29, 0.717) is 0 Å². The number of quaternary nitrogens is 1. The number of rotatable bonds is 2. The number of hydrogen-bond donors (Lipinski definition) is 0. The number of fused-ring (bicyclic) bond motifs is 1. The molecular weight excluding hydrogens is 349 g/mol. The Morgan fingerprint density at radius 1 is 1.11 bits per heavy atom. The summed E-state index contributed by atoms with van der Waals surface area (Å²) in [6, 6.07) is 13.0.